The quantitative estimate of drug-likeness (QED) is 0.944. The highest BCUT2D eigenvalue weighted by Crippen LogP contribution is 2.19. The monoisotopic (exact) mass is 321 g/mol. The van der Waals surface area contributed by atoms with Gasteiger partial charge in [0.1, 0.15) is 0 Å². The van der Waals surface area contributed by atoms with E-state index in [2.05, 4.69) is 40.2 Å². The lowest BCUT2D eigenvalue weighted by Gasteiger charge is -2.06. The van der Waals surface area contributed by atoms with Crippen LogP contribution >= 0.6 is 15.9 Å². The molecule has 0 saturated heterocycles. The van der Waals surface area contributed by atoms with E-state index in [1.54, 1.807) is 10.9 Å². The van der Waals surface area contributed by atoms with Crippen molar-refractivity contribution >= 4 is 27.5 Å². The van der Waals surface area contributed by atoms with Crippen molar-refractivity contribution < 1.29 is 4.79 Å². The lowest BCUT2D eigenvalue weighted by atomic mass is 10.0. The van der Waals surface area contributed by atoms with E-state index in [9.17, 15) is 4.79 Å². The maximum Gasteiger partial charge on any atom is 0.228 e. The number of hydrogen-bond donors (Lipinski definition) is 1. The second kappa shape index (κ2) is 5.57. The molecule has 0 bridgehead atoms. The molecule has 0 fully saturated rings. The predicted molar refractivity (Wildman–Crippen MR) is 79.2 cm³/mol. The zero-order chi connectivity index (χ0) is 14.0. The molecular weight excluding hydrogens is 306 g/mol. The number of nitrogens with one attached hydrogen (secondary N) is 1. The summed E-state index contributed by atoms with van der Waals surface area (Å²) < 4.78 is 2.29. The number of aromatic nitrogens is 2. The first-order valence-electron chi connectivity index (χ1n) is 6.01. The van der Waals surface area contributed by atoms with Gasteiger partial charge in [-0.25, -0.2) is 0 Å². The summed E-state index contributed by atoms with van der Waals surface area (Å²) >= 11 is 3.31. The first-order chi connectivity index (χ1) is 8.95. The maximum atomic E-state index is 12.0. The predicted octanol–water partition coefficient (Wildman–Crippen LogP) is 2.98. The molecule has 2 aromatic rings. The Morgan fingerprint density at radius 2 is 2.11 bits per heavy atom. The van der Waals surface area contributed by atoms with E-state index in [0.717, 1.165) is 5.56 Å². The Kier molecular flexibility index (Phi) is 4.04. The van der Waals surface area contributed by atoms with Crippen LogP contribution in [-0.4, -0.2) is 15.7 Å². The Morgan fingerprint density at radius 1 is 1.37 bits per heavy atom. The largest absolute Gasteiger partial charge is 0.322 e. The third-order valence-corrected chi connectivity index (χ3v) is 3.58. The van der Waals surface area contributed by atoms with Crippen LogP contribution in [0, 0.1) is 13.8 Å². The number of anilines is 1. The van der Waals surface area contributed by atoms with E-state index in [1.807, 2.05) is 25.2 Å². The first-order valence-corrected chi connectivity index (χ1v) is 6.80. The normalized spacial score (nSPS) is 10.5. The summed E-state index contributed by atoms with van der Waals surface area (Å²) in [6, 6.07) is 6.07. The summed E-state index contributed by atoms with van der Waals surface area (Å²) in [5.41, 5.74) is 4.14. The van der Waals surface area contributed by atoms with Crippen molar-refractivity contribution in [3.8, 4) is 0 Å². The smallest absolute Gasteiger partial charge is 0.228 e. The Hall–Kier alpha value is -1.62. The van der Waals surface area contributed by atoms with Gasteiger partial charge in [-0.2, -0.15) is 5.10 Å². The van der Waals surface area contributed by atoms with Crippen LogP contribution in [0.5, 0.6) is 0 Å². The topological polar surface area (TPSA) is 46.9 Å². The van der Waals surface area contributed by atoms with Crippen molar-refractivity contribution in [3.63, 3.8) is 0 Å². The molecule has 0 atom stereocenters. The number of rotatable bonds is 3. The molecule has 0 saturated carbocycles. The molecule has 1 aromatic heterocycles. The van der Waals surface area contributed by atoms with Crippen LogP contribution < -0.4 is 5.32 Å². The minimum absolute atomic E-state index is 0.0445. The standard InChI is InChI=1S/C14H16BrN3O/c1-9-4-5-11(6-10(9)2)7-13(19)16-12-8-18(3)17-14(12)15/h4-6,8H,7H2,1-3H3,(H,16,19). The molecule has 0 radical (unpaired) electrons. The number of amides is 1. The van der Waals surface area contributed by atoms with E-state index in [-0.39, 0.29) is 5.91 Å². The van der Waals surface area contributed by atoms with Crippen molar-refractivity contribution in [2.45, 2.75) is 20.3 Å². The van der Waals surface area contributed by atoms with Crippen molar-refractivity contribution in [1.82, 2.24) is 9.78 Å². The maximum absolute atomic E-state index is 12.0. The molecule has 0 unspecified atom stereocenters. The lowest BCUT2D eigenvalue weighted by molar-refractivity contribution is -0.115. The second-order valence-corrected chi connectivity index (χ2v) is 5.40. The van der Waals surface area contributed by atoms with Gasteiger partial charge in [-0.1, -0.05) is 18.2 Å². The van der Waals surface area contributed by atoms with Crippen LogP contribution in [0.25, 0.3) is 0 Å². The zero-order valence-corrected chi connectivity index (χ0v) is 12.8. The van der Waals surface area contributed by atoms with Crippen molar-refractivity contribution in [2.24, 2.45) is 7.05 Å². The van der Waals surface area contributed by atoms with Crippen LogP contribution in [-0.2, 0) is 18.3 Å². The molecule has 0 aliphatic carbocycles. The second-order valence-electron chi connectivity index (χ2n) is 4.65. The van der Waals surface area contributed by atoms with Crippen LogP contribution in [0.15, 0.2) is 29.0 Å². The summed E-state index contributed by atoms with van der Waals surface area (Å²) in [7, 11) is 1.81. The Morgan fingerprint density at radius 3 is 2.68 bits per heavy atom. The molecule has 0 aliphatic heterocycles. The van der Waals surface area contributed by atoms with Gasteiger partial charge >= 0.3 is 0 Å². The van der Waals surface area contributed by atoms with Gasteiger partial charge in [-0.15, -0.1) is 0 Å². The molecule has 4 nitrogen and oxygen atoms in total. The number of halogens is 1. The highest BCUT2D eigenvalue weighted by Gasteiger charge is 2.09. The molecule has 19 heavy (non-hydrogen) atoms. The van der Waals surface area contributed by atoms with Gasteiger partial charge in [0.2, 0.25) is 5.91 Å². The molecule has 1 N–H and O–H groups in total. The van der Waals surface area contributed by atoms with Crippen LogP contribution in [0.3, 0.4) is 0 Å². The molecule has 0 spiro atoms. The highest BCUT2D eigenvalue weighted by molar-refractivity contribution is 9.10. The summed E-state index contributed by atoms with van der Waals surface area (Å²) in [5.74, 6) is -0.0445. The molecule has 2 rings (SSSR count). The number of aryl methyl sites for hydroxylation is 3. The molecule has 1 amide bonds. The van der Waals surface area contributed by atoms with Gasteiger partial charge in [0.05, 0.1) is 12.1 Å². The summed E-state index contributed by atoms with van der Waals surface area (Å²) in [5, 5.41) is 6.96. The third-order valence-electron chi connectivity index (χ3n) is 2.99. The highest BCUT2D eigenvalue weighted by atomic mass is 79.9. The van der Waals surface area contributed by atoms with Gasteiger partial charge in [-0.3, -0.25) is 9.48 Å². The fourth-order valence-corrected chi connectivity index (χ4v) is 2.29. The van der Waals surface area contributed by atoms with Crippen molar-refractivity contribution in [1.29, 1.82) is 0 Å². The number of nitrogens with zero attached hydrogens (tertiary/aromatic N) is 2. The van der Waals surface area contributed by atoms with Gasteiger partial charge in [0.25, 0.3) is 0 Å². The third kappa shape index (κ3) is 3.44. The Labute approximate surface area is 120 Å². The van der Waals surface area contributed by atoms with E-state index < -0.39 is 0 Å². The average Bonchev–Trinajstić information content (AvgIpc) is 2.62. The number of hydrogen-bond acceptors (Lipinski definition) is 2. The number of carbonyl (C=O) groups is 1. The summed E-state index contributed by atoms with van der Waals surface area (Å²) in [4.78, 5) is 12.0. The number of benzene rings is 1. The van der Waals surface area contributed by atoms with Gasteiger partial charge in [-0.05, 0) is 46.5 Å². The Bertz CT molecular complexity index is 619. The summed E-state index contributed by atoms with van der Waals surface area (Å²) in [6.07, 6.45) is 2.13. The number of carbonyl (C=O) groups excluding carboxylic acids is 1. The van der Waals surface area contributed by atoms with Gasteiger partial charge in [0.15, 0.2) is 4.60 Å². The average molecular weight is 322 g/mol. The van der Waals surface area contributed by atoms with Gasteiger partial charge in [0, 0.05) is 13.2 Å². The minimum Gasteiger partial charge on any atom is -0.322 e. The fraction of sp³-hybridized carbons (Fsp3) is 0.286. The SMILES string of the molecule is Cc1ccc(CC(=O)Nc2cn(C)nc2Br)cc1C. The van der Waals surface area contributed by atoms with Crippen LogP contribution in [0.4, 0.5) is 5.69 Å². The van der Waals surface area contributed by atoms with Crippen molar-refractivity contribution in [3.05, 3.63) is 45.7 Å². The van der Waals surface area contributed by atoms with E-state index in [4.69, 9.17) is 0 Å². The molecule has 0 aliphatic rings. The van der Waals surface area contributed by atoms with Crippen molar-refractivity contribution in [2.75, 3.05) is 5.32 Å². The fourth-order valence-electron chi connectivity index (χ4n) is 1.84. The molecule has 100 valence electrons. The van der Waals surface area contributed by atoms with E-state index >= 15 is 0 Å². The Balaban J connectivity index is 2.05. The molecule has 1 heterocycles. The zero-order valence-electron chi connectivity index (χ0n) is 11.2. The van der Waals surface area contributed by atoms with Crippen LogP contribution in [0.1, 0.15) is 16.7 Å². The first kappa shape index (κ1) is 13.8. The molecule has 5 heteroatoms. The lowest BCUT2D eigenvalue weighted by Crippen LogP contribution is -2.14. The molecular formula is C14H16BrN3O. The van der Waals surface area contributed by atoms with Crippen LogP contribution in [0.2, 0.25) is 0 Å². The van der Waals surface area contributed by atoms with E-state index in [1.165, 1.54) is 11.1 Å². The van der Waals surface area contributed by atoms with Gasteiger partial charge < -0.3 is 5.32 Å². The summed E-state index contributed by atoms with van der Waals surface area (Å²) in [6.45, 7) is 4.11. The van der Waals surface area contributed by atoms with E-state index in [0.29, 0.717) is 16.7 Å². The minimum atomic E-state index is -0.0445. The molecule has 1 aromatic carbocycles.